The molecule has 2 nitrogen and oxygen atoms in total. The Morgan fingerprint density at radius 2 is 1.89 bits per heavy atom. The van der Waals surface area contributed by atoms with E-state index in [2.05, 4.69) is 31.9 Å². The summed E-state index contributed by atoms with van der Waals surface area (Å²) in [6.07, 6.45) is 0. The maximum atomic E-state index is 6.09. The lowest BCUT2D eigenvalue weighted by atomic mass is 10.1. The van der Waals surface area contributed by atoms with Gasteiger partial charge in [0.15, 0.2) is 0 Å². The van der Waals surface area contributed by atoms with Crippen molar-refractivity contribution in [1.82, 2.24) is 0 Å². The minimum atomic E-state index is -0.0297. The van der Waals surface area contributed by atoms with E-state index in [4.69, 9.17) is 22.1 Å². The highest BCUT2D eigenvalue weighted by Crippen LogP contribution is 2.34. The molecule has 2 aromatic carbocycles. The molecule has 0 saturated heterocycles. The second kappa shape index (κ2) is 6.27. The zero-order chi connectivity index (χ0) is 14.0. The molecule has 0 bridgehead atoms. The summed E-state index contributed by atoms with van der Waals surface area (Å²) in [6.45, 7) is 1.94. The Bertz CT molecular complexity index is 602. The van der Waals surface area contributed by atoms with Gasteiger partial charge in [0.05, 0.1) is 5.02 Å². The normalized spacial score (nSPS) is 12.3. The maximum absolute atomic E-state index is 6.09. The molecule has 0 radical (unpaired) electrons. The predicted octanol–water partition coefficient (Wildman–Crippen LogP) is 5.68. The van der Waals surface area contributed by atoms with Crippen LogP contribution in [0.4, 0.5) is 0 Å². The monoisotopic (exact) mass is 403 g/mol. The summed E-state index contributed by atoms with van der Waals surface area (Å²) in [5, 5.41) is 0.565. The molecule has 0 fully saturated rings. The quantitative estimate of drug-likeness (QED) is 0.713. The molecular formula is C14H12Br2ClNO. The summed E-state index contributed by atoms with van der Waals surface area (Å²) >= 11 is 13.0. The molecular weight excluding hydrogens is 393 g/mol. The number of benzene rings is 2. The van der Waals surface area contributed by atoms with Gasteiger partial charge in [-0.2, -0.15) is 0 Å². The summed E-state index contributed by atoms with van der Waals surface area (Å²) < 4.78 is 7.61. The minimum absolute atomic E-state index is 0.0297. The van der Waals surface area contributed by atoms with Crippen LogP contribution in [0.25, 0.3) is 0 Å². The van der Waals surface area contributed by atoms with Gasteiger partial charge in [-0.1, -0.05) is 49.5 Å². The van der Waals surface area contributed by atoms with Gasteiger partial charge in [0, 0.05) is 15.0 Å². The molecule has 2 rings (SSSR count). The third-order valence-electron chi connectivity index (χ3n) is 2.58. The molecule has 0 aliphatic carbocycles. The average Bonchev–Trinajstić information content (AvgIpc) is 2.33. The molecule has 1 atom stereocenters. The van der Waals surface area contributed by atoms with Crippen LogP contribution in [0.1, 0.15) is 18.5 Å². The molecule has 0 spiro atoms. The molecule has 2 N–H and O–H groups in total. The van der Waals surface area contributed by atoms with Crippen LogP contribution in [0.2, 0.25) is 5.02 Å². The van der Waals surface area contributed by atoms with Crippen molar-refractivity contribution < 1.29 is 4.74 Å². The summed E-state index contributed by atoms with van der Waals surface area (Å²) in [5.74, 6) is 1.31. The van der Waals surface area contributed by atoms with Crippen molar-refractivity contribution in [3.63, 3.8) is 0 Å². The third-order valence-corrected chi connectivity index (χ3v) is 4.08. The van der Waals surface area contributed by atoms with Gasteiger partial charge < -0.3 is 10.5 Å². The van der Waals surface area contributed by atoms with Gasteiger partial charge >= 0.3 is 0 Å². The van der Waals surface area contributed by atoms with E-state index in [9.17, 15) is 0 Å². The first kappa shape index (κ1) is 14.9. The van der Waals surface area contributed by atoms with Gasteiger partial charge in [0.1, 0.15) is 11.5 Å². The molecule has 100 valence electrons. The molecule has 2 aromatic rings. The van der Waals surface area contributed by atoms with E-state index in [0.717, 1.165) is 14.5 Å². The first-order chi connectivity index (χ1) is 8.97. The van der Waals surface area contributed by atoms with Crippen LogP contribution < -0.4 is 10.5 Å². The smallest absolute Gasteiger partial charge is 0.147 e. The Balaban J connectivity index is 2.29. The Kier molecular flexibility index (Phi) is 4.90. The van der Waals surface area contributed by atoms with Gasteiger partial charge in [-0.3, -0.25) is 0 Å². The Morgan fingerprint density at radius 3 is 2.53 bits per heavy atom. The van der Waals surface area contributed by atoms with Crippen molar-refractivity contribution in [3.05, 3.63) is 55.9 Å². The van der Waals surface area contributed by atoms with Gasteiger partial charge in [-0.25, -0.2) is 0 Å². The van der Waals surface area contributed by atoms with Gasteiger partial charge in [-0.05, 0) is 42.8 Å². The molecule has 0 amide bonds. The van der Waals surface area contributed by atoms with Crippen LogP contribution in [-0.2, 0) is 0 Å². The van der Waals surface area contributed by atoms with Crippen molar-refractivity contribution in [2.75, 3.05) is 0 Å². The van der Waals surface area contributed by atoms with E-state index in [0.29, 0.717) is 16.5 Å². The van der Waals surface area contributed by atoms with Crippen LogP contribution in [0.3, 0.4) is 0 Å². The molecule has 5 heteroatoms. The van der Waals surface area contributed by atoms with E-state index in [-0.39, 0.29) is 6.04 Å². The molecule has 19 heavy (non-hydrogen) atoms. The fraction of sp³-hybridized carbons (Fsp3) is 0.143. The Morgan fingerprint density at radius 1 is 1.16 bits per heavy atom. The highest BCUT2D eigenvalue weighted by molar-refractivity contribution is 9.10. The van der Waals surface area contributed by atoms with Crippen LogP contribution in [0, 0.1) is 0 Å². The summed E-state index contributed by atoms with van der Waals surface area (Å²) in [5.41, 5.74) is 6.90. The molecule has 0 saturated carbocycles. The van der Waals surface area contributed by atoms with Crippen molar-refractivity contribution in [2.45, 2.75) is 13.0 Å². The molecule has 0 unspecified atom stereocenters. The van der Waals surface area contributed by atoms with Crippen LogP contribution in [0.15, 0.2) is 45.3 Å². The average molecular weight is 406 g/mol. The van der Waals surface area contributed by atoms with Crippen molar-refractivity contribution in [1.29, 1.82) is 0 Å². The lowest BCUT2D eigenvalue weighted by molar-refractivity contribution is 0.482. The highest BCUT2D eigenvalue weighted by atomic mass is 79.9. The zero-order valence-electron chi connectivity index (χ0n) is 10.2. The van der Waals surface area contributed by atoms with E-state index in [1.54, 1.807) is 6.07 Å². The lowest BCUT2D eigenvalue weighted by Crippen LogP contribution is -2.05. The molecule has 0 aliphatic rings. The number of hydrogen-bond donors (Lipinski definition) is 1. The van der Waals surface area contributed by atoms with E-state index in [1.807, 2.05) is 37.3 Å². The molecule has 0 aromatic heterocycles. The largest absolute Gasteiger partial charge is 0.456 e. The first-order valence-corrected chi connectivity index (χ1v) is 7.61. The van der Waals surface area contributed by atoms with E-state index in [1.165, 1.54) is 0 Å². The minimum Gasteiger partial charge on any atom is -0.456 e. The zero-order valence-corrected chi connectivity index (χ0v) is 14.1. The first-order valence-electron chi connectivity index (χ1n) is 5.65. The standard InChI is InChI=1S/C14H12Br2ClNO/c1-8(18)11-4-3-10(7-12(11)16)19-14-6-9(15)2-5-13(14)17/h2-8H,18H2,1H3/t8-/m0/s1. The maximum Gasteiger partial charge on any atom is 0.147 e. The van der Waals surface area contributed by atoms with Crippen molar-refractivity contribution in [2.24, 2.45) is 5.73 Å². The second-order valence-electron chi connectivity index (χ2n) is 4.15. The van der Waals surface area contributed by atoms with Gasteiger partial charge in [-0.15, -0.1) is 0 Å². The topological polar surface area (TPSA) is 35.2 Å². The van der Waals surface area contributed by atoms with Gasteiger partial charge in [0.2, 0.25) is 0 Å². The van der Waals surface area contributed by atoms with Gasteiger partial charge in [0.25, 0.3) is 0 Å². The number of ether oxygens (including phenoxy) is 1. The van der Waals surface area contributed by atoms with E-state index < -0.39 is 0 Å². The molecule has 0 aliphatic heterocycles. The SMILES string of the molecule is C[C@H](N)c1ccc(Oc2cc(Br)ccc2Cl)cc1Br. The third kappa shape index (κ3) is 3.72. The van der Waals surface area contributed by atoms with Crippen LogP contribution >= 0.6 is 43.5 Å². The number of hydrogen-bond acceptors (Lipinski definition) is 2. The number of rotatable bonds is 3. The summed E-state index contributed by atoms with van der Waals surface area (Å²) in [6, 6.07) is 11.1. The fourth-order valence-corrected chi connectivity index (χ4v) is 2.84. The molecule has 0 heterocycles. The number of nitrogens with two attached hydrogens (primary N) is 1. The van der Waals surface area contributed by atoms with Crippen LogP contribution in [0.5, 0.6) is 11.5 Å². The lowest BCUT2D eigenvalue weighted by Gasteiger charge is -2.12. The Hall–Kier alpha value is -0.550. The van der Waals surface area contributed by atoms with Crippen LogP contribution in [-0.4, -0.2) is 0 Å². The number of halogens is 3. The summed E-state index contributed by atoms with van der Waals surface area (Å²) in [7, 11) is 0. The van der Waals surface area contributed by atoms with Crippen molar-refractivity contribution >= 4 is 43.5 Å². The fourth-order valence-electron chi connectivity index (χ4n) is 1.62. The Labute approximate surface area is 134 Å². The van der Waals surface area contributed by atoms with E-state index >= 15 is 0 Å². The predicted molar refractivity (Wildman–Crippen MR) is 86.0 cm³/mol. The second-order valence-corrected chi connectivity index (χ2v) is 6.33. The van der Waals surface area contributed by atoms with Crippen molar-refractivity contribution in [3.8, 4) is 11.5 Å². The highest BCUT2D eigenvalue weighted by Gasteiger charge is 2.08. The summed E-state index contributed by atoms with van der Waals surface area (Å²) in [4.78, 5) is 0.